The molecule has 8 heteroatoms. The van der Waals surface area contributed by atoms with Gasteiger partial charge in [-0.15, -0.1) is 0 Å². The molecule has 1 heterocycles. The van der Waals surface area contributed by atoms with Crippen molar-refractivity contribution in [1.82, 2.24) is 4.90 Å². The molecule has 1 saturated heterocycles. The fourth-order valence-corrected chi connectivity index (χ4v) is 5.23. The van der Waals surface area contributed by atoms with Gasteiger partial charge in [0.15, 0.2) is 11.6 Å². The molecule has 0 aliphatic carbocycles. The minimum Gasteiger partial charge on any atom is -0.497 e. The van der Waals surface area contributed by atoms with Crippen molar-refractivity contribution in [2.24, 2.45) is 0 Å². The Morgan fingerprint density at radius 2 is 1.33 bits per heavy atom. The van der Waals surface area contributed by atoms with Gasteiger partial charge < -0.3 is 19.1 Å². The maximum Gasteiger partial charge on any atom is 0.188 e. The van der Waals surface area contributed by atoms with Gasteiger partial charge in [0.1, 0.15) is 21.6 Å². The van der Waals surface area contributed by atoms with Crippen LogP contribution in [0.2, 0.25) is 0 Å². The number of thiocarbonyl (C=S) groups is 1. The Bertz CT molecular complexity index is 1360. The largest absolute Gasteiger partial charge is 0.497 e. The highest BCUT2D eigenvalue weighted by Crippen LogP contribution is 2.29. The van der Waals surface area contributed by atoms with Crippen LogP contribution in [0.25, 0.3) is 12.2 Å². The van der Waals surface area contributed by atoms with Crippen LogP contribution >= 0.6 is 24.0 Å². The highest BCUT2D eigenvalue weighted by molar-refractivity contribution is 8.23. The van der Waals surface area contributed by atoms with E-state index in [0.717, 1.165) is 11.1 Å². The van der Waals surface area contributed by atoms with Gasteiger partial charge in [0.05, 0.1) is 27.1 Å². The van der Waals surface area contributed by atoms with Crippen molar-refractivity contribution in [2.45, 2.75) is 0 Å². The minimum absolute atomic E-state index is 0.0346. The van der Waals surface area contributed by atoms with Gasteiger partial charge in [-0.05, 0) is 48.6 Å². The number of likely N-dealkylation sites (tertiary alicyclic amines) is 1. The number of para-hydroxylation sites is 2. The van der Waals surface area contributed by atoms with Crippen molar-refractivity contribution in [2.75, 3.05) is 40.2 Å². The smallest absolute Gasteiger partial charge is 0.188 e. The third-order valence-corrected chi connectivity index (χ3v) is 7.76. The lowest BCUT2D eigenvalue weighted by molar-refractivity contribution is -0.113. The molecule has 3 aromatic rings. The zero-order valence-electron chi connectivity index (χ0n) is 22.0. The first kappa shape index (κ1) is 28.1. The molecular formula is C31H29NO5S2. The Hall–Kier alpha value is -3.88. The van der Waals surface area contributed by atoms with E-state index in [1.807, 2.05) is 65.6 Å². The van der Waals surface area contributed by atoms with E-state index in [2.05, 4.69) is 0 Å². The molecule has 0 aromatic heterocycles. The number of benzene rings is 3. The fourth-order valence-electron chi connectivity index (χ4n) is 4.19. The molecule has 1 fully saturated rings. The first-order chi connectivity index (χ1) is 18.9. The van der Waals surface area contributed by atoms with E-state index < -0.39 is 0 Å². The van der Waals surface area contributed by atoms with Crippen LogP contribution < -0.4 is 14.2 Å². The summed E-state index contributed by atoms with van der Waals surface area (Å²) in [6.07, 6.45) is 3.69. The zero-order chi connectivity index (χ0) is 27.8. The van der Waals surface area contributed by atoms with Gasteiger partial charge in [-0.25, -0.2) is 0 Å². The second-order valence-corrected chi connectivity index (χ2v) is 10.3. The molecule has 200 valence electrons. The average molecular weight is 560 g/mol. The van der Waals surface area contributed by atoms with Crippen LogP contribution in [0.1, 0.15) is 21.5 Å². The Balaban J connectivity index is 1.60. The summed E-state index contributed by atoms with van der Waals surface area (Å²) in [7, 11) is 4.79. The number of piperidine rings is 1. The molecule has 0 radical (unpaired) electrons. The number of hydrogen-bond acceptors (Lipinski definition) is 7. The van der Waals surface area contributed by atoms with Crippen molar-refractivity contribution in [1.29, 1.82) is 0 Å². The summed E-state index contributed by atoms with van der Waals surface area (Å²) >= 11 is 7.04. The summed E-state index contributed by atoms with van der Waals surface area (Å²) in [4.78, 5) is 28.4. The van der Waals surface area contributed by atoms with Gasteiger partial charge in [0.25, 0.3) is 0 Å². The van der Waals surface area contributed by atoms with Crippen LogP contribution in [0, 0.1) is 0 Å². The number of ether oxygens (including phenoxy) is 3. The molecule has 4 rings (SSSR count). The second kappa shape index (κ2) is 13.3. The number of ketones is 2. The van der Waals surface area contributed by atoms with Crippen LogP contribution in [0.4, 0.5) is 0 Å². The van der Waals surface area contributed by atoms with Crippen LogP contribution in [-0.4, -0.2) is 61.0 Å². The van der Waals surface area contributed by atoms with Crippen molar-refractivity contribution in [3.8, 4) is 17.2 Å². The monoisotopic (exact) mass is 559 g/mol. The second-order valence-electron chi connectivity index (χ2n) is 8.71. The number of carbonyl (C=O) groups excluding carboxylic acids is 2. The Kier molecular flexibility index (Phi) is 9.57. The first-order valence-corrected chi connectivity index (χ1v) is 13.6. The quantitative estimate of drug-likeness (QED) is 0.190. The number of hydrogen-bond donors (Lipinski definition) is 0. The van der Waals surface area contributed by atoms with Crippen molar-refractivity contribution >= 4 is 52.0 Å². The van der Waals surface area contributed by atoms with E-state index in [0.29, 0.717) is 51.4 Å². The number of Topliss-reactive ketones (excluding diaryl/α,β-unsaturated/α-hetero) is 2. The lowest BCUT2D eigenvalue weighted by Crippen LogP contribution is -2.40. The Morgan fingerprint density at radius 3 is 1.82 bits per heavy atom. The van der Waals surface area contributed by atoms with E-state index in [1.54, 1.807) is 45.6 Å². The Labute approximate surface area is 238 Å². The molecule has 1 aliphatic heterocycles. The standard InChI is InChI=1S/C31H29NO5S2/c1-35-26-14-12-21(13-15-26)27(33)20-39-31(38)32-18-24(16-22-8-4-6-10-28(22)36-2)30(34)25(19-32)17-23-9-5-7-11-29(23)37-3/h4-17H,18-20H2,1-3H3/b24-16+,25-17+. The summed E-state index contributed by atoms with van der Waals surface area (Å²) < 4.78 is 16.7. The predicted octanol–water partition coefficient (Wildman–Crippen LogP) is 5.97. The van der Waals surface area contributed by atoms with E-state index in [1.165, 1.54) is 11.8 Å². The SMILES string of the molecule is COc1ccc(C(=O)CSC(=S)N2C/C(=C\c3ccccc3OC)C(=O)/C(=C/c3ccccc3OC)C2)cc1. The molecule has 0 N–H and O–H groups in total. The normalized spacial score (nSPS) is 15.4. The highest BCUT2D eigenvalue weighted by Gasteiger charge is 2.28. The molecule has 1 aliphatic rings. The summed E-state index contributed by atoms with van der Waals surface area (Å²) in [6, 6.07) is 22.1. The van der Waals surface area contributed by atoms with E-state index in [9.17, 15) is 9.59 Å². The van der Waals surface area contributed by atoms with Crippen LogP contribution in [-0.2, 0) is 4.79 Å². The first-order valence-electron chi connectivity index (χ1n) is 12.2. The maximum absolute atomic E-state index is 13.6. The van der Waals surface area contributed by atoms with E-state index >= 15 is 0 Å². The van der Waals surface area contributed by atoms with Gasteiger partial charge >= 0.3 is 0 Å². The third kappa shape index (κ3) is 6.96. The van der Waals surface area contributed by atoms with Crippen molar-refractivity contribution in [3.63, 3.8) is 0 Å². The van der Waals surface area contributed by atoms with Gasteiger partial charge in [0.2, 0.25) is 0 Å². The lowest BCUT2D eigenvalue weighted by atomic mass is 9.94. The molecule has 0 spiro atoms. The van der Waals surface area contributed by atoms with Crippen molar-refractivity contribution in [3.05, 3.63) is 101 Å². The van der Waals surface area contributed by atoms with E-state index in [-0.39, 0.29) is 17.3 Å². The summed E-state index contributed by atoms with van der Waals surface area (Å²) in [5, 5.41) is 0. The third-order valence-electron chi connectivity index (χ3n) is 6.24. The van der Waals surface area contributed by atoms with Crippen LogP contribution in [0.3, 0.4) is 0 Å². The lowest BCUT2D eigenvalue weighted by Gasteiger charge is -2.31. The maximum atomic E-state index is 13.6. The number of carbonyl (C=O) groups is 2. The molecule has 0 bridgehead atoms. The molecule has 0 atom stereocenters. The number of nitrogens with zero attached hydrogens (tertiary/aromatic N) is 1. The topological polar surface area (TPSA) is 65.1 Å². The molecule has 6 nitrogen and oxygen atoms in total. The Morgan fingerprint density at radius 1 is 0.821 bits per heavy atom. The zero-order valence-corrected chi connectivity index (χ0v) is 23.6. The molecule has 0 unspecified atom stereocenters. The summed E-state index contributed by atoms with van der Waals surface area (Å²) in [6.45, 7) is 0.644. The summed E-state index contributed by atoms with van der Waals surface area (Å²) in [5.74, 6) is 2.13. The predicted molar refractivity (Wildman–Crippen MR) is 161 cm³/mol. The van der Waals surface area contributed by atoms with Gasteiger partial charge in [-0.3, -0.25) is 9.59 Å². The number of methoxy groups -OCH3 is 3. The highest BCUT2D eigenvalue weighted by atomic mass is 32.2. The average Bonchev–Trinajstić information content (AvgIpc) is 2.98. The molecular weight excluding hydrogens is 530 g/mol. The number of rotatable bonds is 8. The molecule has 39 heavy (non-hydrogen) atoms. The molecule has 3 aromatic carbocycles. The molecule has 0 amide bonds. The van der Waals surface area contributed by atoms with Gasteiger partial charge in [0, 0.05) is 40.9 Å². The van der Waals surface area contributed by atoms with E-state index in [4.69, 9.17) is 26.4 Å². The minimum atomic E-state index is -0.0647. The van der Waals surface area contributed by atoms with Crippen LogP contribution in [0.15, 0.2) is 83.9 Å². The molecule has 0 saturated carbocycles. The van der Waals surface area contributed by atoms with Gasteiger partial charge in [-0.1, -0.05) is 60.4 Å². The fraction of sp³-hybridized carbons (Fsp3) is 0.194. The van der Waals surface area contributed by atoms with Gasteiger partial charge in [-0.2, -0.15) is 0 Å². The van der Waals surface area contributed by atoms with Crippen LogP contribution in [0.5, 0.6) is 17.2 Å². The number of thioether (sulfide) groups is 1. The van der Waals surface area contributed by atoms with Crippen molar-refractivity contribution < 1.29 is 23.8 Å². The summed E-state index contributed by atoms with van der Waals surface area (Å²) in [5.41, 5.74) is 3.35.